The molecular formula is C12H18N2O5. The molecule has 1 aromatic rings. The van der Waals surface area contributed by atoms with Crippen LogP contribution in [0.4, 0.5) is 0 Å². The van der Waals surface area contributed by atoms with Crippen molar-refractivity contribution >= 4 is 5.97 Å². The minimum Gasteiger partial charge on any atom is -0.481 e. The summed E-state index contributed by atoms with van der Waals surface area (Å²) in [4.78, 5) is 12.8. The molecule has 0 aromatic carbocycles. The van der Waals surface area contributed by atoms with Crippen LogP contribution in [0.3, 0.4) is 0 Å². The maximum atomic E-state index is 10.7. The summed E-state index contributed by atoms with van der Waals surface area (Å²) < 4.78 is 15.5. The van der Waals surface area contributed by atoms with Crippen molar-refractivity contribution in [2.75, 3.05) is 26.8 Å². The topological polar surface area (TPSA) is 85.0 Å². The monoisotopic (exact) mass is 270 g/mol. The number of carboxylic acids is 1. The highest BCUT2D eigenvalue weighted by Crippen LogP contribution is 2.13. The van der Waals surface area contributed by atoms with Crippen LogP contribution in [0.1, 0.15) is 17.9 Å². The largest absolute Gasteiger partial charge is 0.481 e. The minimum atomic E-state index is -0.837. The third kappa shape index (κ3) is 4.30. The second-order valence-electron chi connectivity index (χ2n) is 4.54. The van der Waals surface area contributed by atoms with Gasteiger partial charge >= 0.3 is 5.97 Å². The fourth-order valence-electron chi connectivity index (χ4n) is 2.11. The van der Waals surface area contributed by atoms with Crippen molar-refractivity contribution in [2.24, 2.45) is 0 Å². The van der Waals surface area contributed by atoms with E-state index in [9.17, 15) is 4.79 Å². The zero-order chi connectivity index (χ0) is 13.7. The van der Waals surface area contributed by atoms with E-state index in [0.717, 1.165) is 12.2 Å². The Hall–Kier alpha value is -1.44. The van der Waals surface area contributed by atoms with Gasteiger partial charge in [-0.05, 0) is 0 Å². The van der Waals surface area contributed by atoms with E-state index in [2.05, 4.69) is 10.1 Å². The molecule has 0 amide bonds. The number of ether oxygens (including phenoxy) is 2. The van der Waals surface area contributed by atoms with Gasteiger partial charge in [0.1, 0.15) is 6.61 Å². The summed E-state index contributed by atoms with van der Waals surface area (Å²) in [6, 6.07) is 1.85. The fourth-order valence-corrected chi connectivity index (χ4v) is 2.11. The SMILES string of the molecule is COCc1cc(CN2CCOC(CC(=O)O)C2)no1. The summed E-state index contributed by atoms with van der Waals surface area (Å²) in [5, 5.41) is 12.7. The highest BCUT2D eigenvalue weighted by Gasteiger charge is 2.23. The summed E-state index contributed by atoms with van der Waals surface area (Å²) in [6.45, 7) is 2.94. The standard InChI is InChI=1S/C12H18N2O5/c1-17-8-11-4-9(13-19-11)6-14-2-3-18-10(7-14)5-12(15)16/h4,10H,2-3,5-8H2,1H3,(H,15,16). The quantitative estimate of drug-likeness (QED) is 0.805. The number of nitrogens with zero attached hydrogens (tertiary/aromatic N) is 2. The first-order chi connectivity index (χ1) is 9.17. The Morgan fingerprint density at radius 2 is 2.53 bits per heavy atom. The smallest absolute Gasteiger partial charge is 0.306 e. The first kappa shape index (κ1) is 14.0. The van der Waals surface area contributed by atoms with E-state index < -0.39 is 5.97 Å². The van der Waals surface area contributed by atoms with Gasteiger partial charge in [0.15, 0.2) is 5.76 Å². The number of hydrogen-bond donors (Lipinski definition) is 1. The van der Waals surface area contributed by atoms with Crippen LogP contribution in [-0.4, -0.2) is 54.0 Å². The minimum absolute atomic E-state index is 0.0320. The second kappa shape index (κ2) is 6.65. The van der Waals surface area contributed by atoms with Gasteiger partial charge < -0.3 is 19.1 Å². The number of aromatic nitrogens is 1. The Balaban J connectivity index is 1.85. The fraction of sp³-hybridized carbons (Fsp3) is 0.667. The Morgan fingerprint density at radius 1 is 1.68 bits per heavy atom. The van der Waals surface area contributed by atoms with Crippen molar-refractivity contribution in [3.63, 3.8) is 0 Å². The van der Waals surface area contributed by atoms with Gasteiger partial charge in [-0.25, -0.2) is 0 Å². The van der Waals surface area contributed by atoms with Gasteiger partial charge in [0.25, 0.3) is 0 Å². The molecule has 1 saturated heterocycles. The third-order valence-electron chi connectivity index (χ3n) is 2.91. The number of carboxylic acid groups (broad SMARTS) is 1. The maximum absolute atomic E-state index is 10.7. The molecule has 0 spiro atoms. The van der Waals surface area contributed by atoms with Gasteiger partial charge in [-0.1, -0.05) is 5.16 Å². The van der Waals surface area contributed by atoms with Crippen LogP contribution in [0, 0.1) is 0 Å². The summed E-state index contributed by atoms with van der Waals surface area (Å²) >= 11 is 0. The zero-order valence-electron chi connectivity index (χ0n) is 10.9. The molecule has 106 valence electrons. The number of morpholine rings is 1. The molecule has 0 aliphatic carbocycles. The van der Waals surface area contributed by atoms with E-state index in [1.165, 1.54) is 0 Å². The molecule has 1 fully saturated rings. The number of rotatable bonds is 6. The maximum Gasteiger partial charge on any atom is 0.306 e. The Labute approximate surface area is 111 Å². The van der Waals surface area contributed by atoms with Crippen LogP contribution in [-0.2, 0) is 27.4 Å². The van der Waals surface area contributed by atoms with E-state index in [1.807, 2.05) is 6.07 Å². The summed E-state index contributed by atoms with van der Waals surface area (Å²) in [5.74, 6) is -0.150. The summed E-state index contributed by atoms with van der Waals surface area (Å²) in [7, 11) is 1.60. The second-order valence-corrected chi connectivity index (χ2v) is 4.54. The molecule has 0 radical (unpaired) electrons. The van der Waals surface area contributed by atoms with Crippen LogP contribution in [0.15, 0.2) is 10.6 Å². The molecule has 1 aliphatic rings. The van der Waals surface area contributed by atoms with Gasteiger partial charge in [-0.2, -0.15) is 0 Å². The molecule has 1 atom stereocenters. The Morgan fingerprint density at radius 3 is 3.26 bits per heavy atom. The van der Waals surface area contributed by atoms with Gasteiger partial charge in [-0.3, -0.25) is 9.69 Å². The lowest BCUT2D eigenvalue weighted by atomic mass is 10.2. The predicted octanol–water partition coefficient (Wildman–Crippen LogP) is 0.497. The number of hydrogen-bond acceptors (Lipinski definition) is 6. The first-order valence-electron chi connectivity index (χ1n) is 6.16. The van der Waals surface area contributed by atoms with Crippen molar-refractivity contribution in [3.8, 4) is 0 Å². The lowest BCUT2D eigenvalue weighted by Gasteiger charge is -2.31. The molecule has 1 unspecified atom stereocenters. The normalized spacial score (nSPS) is 20.6. The van der Waals surface area contributed by atoms with E-state index in [1.54, 1.807) is 7.11 Å². The molecule has 1 aromatic heterocycles. The van der Waals surface area contributed by atoms with E-state index >= 15 is 0 Å². The first-order valence-corrected chi connectivity index (χ1v) is 6.16. The van der Waals surface area contributed by atoms with Crippen LogP contribution < -0.4 is 0 Å². The van der Waals surface area contributed by atoms with Crippen molar-refractivity contribution in [1.29, 1.82) is 0 Å². The Kier molecular flexibility index (Phi) is 4.89. The van der Waals surface area contributed by atoms with E-state index in [-0.39, 0.29) is 12.5 Å². The molecule has 0 saturated carbocycles. The lowest BCUT2D eigenvalue weighted by Crippen LogP contribution is -2.42. The number of methoxy groups -OCH3 is 1. The van der Waals surface area contributed by atoms with Gasteiger partial charge in [-0.15, -0.1) is 0 Å². The molecule has 1 aliphatic heterocycles. The van der Waals surface area contributed by atoms with Crippen LogP contribution in [0.5, 0.6) is 0 Å². The van der Waals surface area contributed by atoms with Gasteiger partial charge in [0.2, 0.25) is 0 Å². The number of carbonyl (C=O) groups is 1. The molecule has 2 rings (SSSR count). The van der Waals surface area contributed by atoms with Crippen molar-refractivity contribution < 1.29 is 23.9 Å². The lowest BCUT2D eigenvalue weighted by molar-refractivity contribution is -0.142. The molecule has 7 heteroatoms. The zero-order valence-corrected chi connectivity index (χ0v) is 10.9. The van der Waals surface area contributed by atoms with E-state index in [4.69, 9.17) is 19.1 Å². The van der Waals surface area contributed by atoms with Crippen LogP contribution in [0.2, 0.25) is 0 Å². The molecule has 7 nitrogen and oxygen atoms in total. The Bertz CT molecular complexity index is 420. The highest BCUT2D eigenvalue weighted by atomic mass is 16.5. The summed E-state index contributed by atoms with van der Waals surface area (Å²) in [6.07, 6.45) is -0.221. The number of aliphatic carboxylic acids is 1. The van der Waals surface area contributed by atoms with E-state index in [0.29, 0.717) is 32.1 Å². The average Bonchev–Trinajstić information content (AvgIpc) is 2.76. The predicted molar refractivity (Wildman–Crippen MR) is 64.5 cm³/mol. The molecule has 19 heavy (non-hydrogen) atoms. The summed E-state index contributed by atoms with van der Waals surface area (Å²) in [5.41, 5.74) is 0.822. The van der Waals surface area contributed by atoms with Crippen molar-refractivity contribution in [2.45, 2.75) is 25.7 Å². The molecule has 0 bridgehead atoms. The molecule has 1 N–H and O–H groups in total. The van der Waals surface area contributed by atoms with Crippen molar-refractivity contribution in [1.82, 2.24) is 10.1 Å². The average molecular weight is 270 g/mol. The van der Waals surface area contributed by atoms with Gasteiger partial charge in [0.05, 0.1) is 24.8 Å². The third-order valence-corrected chi connectivity index (χ3v) is 2.91. The molecular weight excluding hydrogens is 252 g/mol. The van der Waals surface area contributed by atoms with Crippen molar-refractivity contribution in [3.05, 3.63) is 17.5 Å². The van der Waals surface area contributed by atoms with Crippen LogP contribution >= 0.6 is 0 Å². The van der Waals surface area contributed by atoms with Gasteiger partial charge in [0, 0.05) is 32.8 Å². The highest BCUT2D eigenvalue weighted by molar-refractivity contribution is 5.67. The van der Waals surface area contributed by atoms with Crippen LogP contribution in [0.25, 0.3) is 0 Å². The molecule has 2 heterocycles.